The standard InChI is InChI=1S/C13H23N3S/c1-2-9-17-13-10-12(14)16(15-13)11-7-5-3-4-6-8-11/h10-11H,2-9,14H2,1H3. The maximum absolute atomic E-state index is 6.08. The van der Waals surface area contributed by atoms with E-state index in [9.17, 15) is 0 Å². The molecule has 17 heavy (non-hydrogen) atoms. The maximum Gasteiger partial charge on any atom is 0.123 e. The summed E-state index contributed by atoms with van der Waals surface area (Å²) in [6, 6.07) is 2.57. The fourth-order valence-electron chi connectivity index (χ4n) is 2.46. The fraction of sp³-hybridized carbons (Fsp3) is 0.769. The van der Waals surface area contributed by atoms with Crippen LogP contribution in [0.15, 0.2) is 11.1 Å². The number of nitrogens with two attached hydrogens (primary N) is 1. The molecule has 1 aliphatic carbocycles. The molecule has 2 N–H and O–H groups in total. The number of anilines is 1. The Morgan fingerprint density at radius 3 is 2.71 bits per heavy atom. The van der Waals surface area contributed by atoms with Gasteiger partial charge in [-0.15, -0.1) is 11.8 Å². The molecule has 96 valence electrons. The predicted molar refractivity (Wildman–Crippen MR) is 74.4 cm³/mol. The van der Waals surface area contributed by atoms with Crippen molar-refractivity contribution in [3.8, 4) is 0 Å². The molecule has 0 aliphatic heterocycles. The zero-order chi connectivity index (χ0) is 12.1. The van der Waals surface area contributed by atoms with Crippen LogP contribution in [0.5, 0.6) is 0 Å². The Labute approximate surface area is 108 Å². The largest absolute Gasteiger partial charge is 0.384 e. The summed E-state index contributed by atoms with van der Waals surface area (Å²) in [5.74, 6) is 1.97. The van der Waals surface area contributed by atoms with Crippen LogP contribution < -0.4 is 5.73 Å². The van der Waals surface area contributed by atoms with Gasteiger partial charge in [-0.1, -0.05) is 32.6 Å². The smallest absolute Gasteiger partial charge is 0.123 e. The molecule has 1 saturated carbocycles. The summed E-state index contributed by atoms with van der Waals surface area (Å²) in [4.78, 5) is 0. The minimum Gasteiger partial charge on any atom is -0.384 e. The lowest BCUT2D eigenvalue weighted by Gasteiger charge is -2.15. The van der Waals surface area contributed by atoms with E-state index in [4.69, 9.17) is 5.73 Å². The van der Waals surface area contributed by atoms with Gasteiger partial charge in [0.05, 0.1) is 6.04 Å². The molecule has 0 spiro atoms. The number of hydrogen-bond donors (Lipinski definition) is 1. The molecule has 1 aromatic heterocycles. The molecule has 0 radical (unpaired) electrons. The third-order valence-electron chi connectivity index (χ3n) is 3.37. The Balaban J connectivity index is 2.05. The van der Waals surface area contributed by atoms with Crippen LogP contribution in [0.2, 0.25) is 0 Å². The molecule has 0 amide bonds. The summed E-state index contributed by atoms with van der Waals surface area (Å²) in [6.45, 7) is 2.19. The third kappa shape index (κ3) is 3.41. The molecule has 1 heterocycles. The molecule has 0 aromatic carbocycles. The first kappa shape index (κ1) is 12.8. The molecule has 1 fully saturated rings. The first-order chi connectivity index (χ1) is 8.31. The molecular weight excluding hydrogens is 230 g/mol. The fourth-order valence-corrected chi connectivity index (χ4v) is 3.22. The van der Waals surface area contributed by atoms with Crippen LogP contribution in [0.25, 0.3) is 0 Å². The number of aromatic nitrogens is 2. The highest BCUT2D eigenvalue weighted by molar-refractivity contribution is 7.99. The van der Waals surface area contributed by atoms with Crippen molar-refractivity contribution in [2.75, 3.05) is 11.5 Å². The van der Waals surface area contributed by atoms with E-state index in [1.54, 1.807) is 0 Å². The highest BCUT2D eigenvalue weighted by Crippen LogP contribution is 2.30. The van der Waals surface area contributed by atoms with Crippen molar-refractivity contribution in [2.24, 2.45) is 0 Å². The monoisotopic (exact) mass is 253 g/mol. The van der Waals surface area contributed by atoms with Crippen molar-refractivity contribution in [3.05, 3.63) is 6.07 Å². The van der Waals surface area contributed by atoms with Gasteiger partial charge < -0.3 is 5.73 Å². The van der Waals surface area contributed by atoms with Gasteiger partial charge in [0, 0.05) is 6.07 Å². The van der Waals surface area contributed by atoms with Crippen molar-refractivity contribution in [1.82, 2.24) is 9.78 Å². The lowest BCUT2D eigenvalue weighted by atomic mass is 10.1. The molecule has 0 bridgehead atoms. The normalized spacial score (nSPS) is 18.2. The van der Waals surface area contributed by atoms with Crippen LogP contribution in [0.3, 0.4) is 0 Å². The van der Waals surface area contributed by atoms with E-state index in [1.807, 2.05) is 17.8 Å². The van der Waals surface area contributed by atoms with Crippen LogP contribution in [-0.4, -0.2) is 15.5 Å². The average Bonchev–Trinajstić information content (AvgIpc) is 2.56. The maximum atomic E-state index is 6.08. The van der Waals surface area contributed by atoms with Crippen LogP contribution in [0, 0.1) is 0 Å². The molecule has 4 heteroatoms. The second-order valence-electron chi connectivity index (χ2n) is 4.85. The summed E-state index contributed by atoms with van der Waals surface area (Å²) < 4.78 is 2.07. The quantitative estimate of drug-likeness (QED) is 0.654. The Morgan fingerprint density at radius 1 is 1.35 bits per heavy atom. The van der Waals surface area contributed by atoms with Crippen molar-refractivity contribution >= 4 is 17.6 Å². The zero-order valence-corrected chi connectivity index (χ0v) is 11.5. The second kappa shape index (κ2) is 6.34. The summed E-state index contributed by atoms with van der Waals surface area (Å²) in [6.07, 6.45) is 9.04. The third-order valence-corrected chi connectivity index (χ3v) is 4.47. The first-order valence-electron chi connectivity index (χ1n) is 6.79. The van der Waals surface area contributed by atoms with Crippen LogP contribution in [-0.2, 0) is 0 Å². The SMILES string of the molecule is CCCSc1cc(N)n(C2CCCCCC2)n1. The number of nitrogens with zero attached hydrogens (tertiary/aromatic N) is 2. The lowest BCUT2D eigenvalue weighted by molar-refractivity contribution is 0.405. The zero-order valence-electron chi connectivity index (χ0n) is 10.7. The summed E-state index contributed by atoms with van der Waals surface area (Å²) in [7, 11) is 0. The highest BCUT2D eigenvalue weighted by atomic mass is 32.2. The van der Waals surface area contributed by atoms with Crippen LogP contribution in [0.4, 0.5) is 5.82 Å². The van der Waals surface area contributed by atoms with Gasteiger partial charge in [0.15, 0.2) is 0 Å². The van der Waals surface area contributed by atoms with Gasteiger partial charge in [-0.2, -0.15) is 5.10 Å². The number of rotatable bonds is 4. The van der Waals surface area contributed by atoms with Crippen LogP contribution >= 0.6 is 11.8 Å². The summed E-state index contributed by atoms with van der Waals surface area (Å²) in [5, 5.41) is 5.76. The van der Waals surface area contributed by atoms with Crippen molar-refractivity contribution in [2.45, 2.75) is 62.9 Å². The van der Waals surface area contributed by atoms with Gasteiger partial charge in [0.25, 0.3) is 0 Å². The van der Waals surface area contributed by atoms with Gasteiger partial charge >= 0.3 is 0 Å². The Hall–Kier alpha value is -0.640. The summed E-state index contributed by atoms with van der Waals surface area (Å²) >= 11 is 1.81. The first-order valence-corrected chi connectivity index (χ1v) is 7.77. The number of nitrogen functional groups attached to an aromatic ring is 1. The second-order valence-corrected chi connectivity index (χ2v) is 5.96. The van der Waals surface area contributed by atoms with Gasteiger partial charge in [-0.3, -0.25) is 0 Å². The van der Waals surface area contributed by atoms with E-state index < -0.39 is 0 Å². The Morgan fingerprint density at radius 2 is 2.06 bits per heavy atom. The van der Waals surface area contributed by atoms with E-state index in [0.717, 1.165) is 16.6 Å². The molecular formula is C13H23N3S. The minimum atomic E-state index is 0.536. The molecule has 1 aliphatic rings. The summed E-state index contributed by atoms with van der Waals surface area (Å²) in [5.41, 5.74) is 6.08. The van der Waals surface area contributed by atoms with E-state index in [2.05, 4.69) is 16.7 Å². The van der Waals surface area contributed by atoms with E-state index in [1.165, 1.54) is 44.9 Å². The molecule has 1 aromatic rings. The van der Waals surface area contributed by atoms with E-state index >= 15 is 0 Å². The average molecular weight is 253 g/mol. The number of hydrogen-bond acceptors (Lipinski definition) is 3. The lowest BCUT2D eigenvalue weighted by Crippen LogP contribution is -2.12. The minimum absolute atomic E-state index is 0.536. The van der Waals surface area contributed by atoms with Crippen molar-refractivity contribution in [3.63, 3.8) is 0 Å². The number of thioether (sulfide) groups is 1. The van der Waals surface area contributed by atoms with Gasteiger partial charge in [-0.05, 0) is 25.0 Å². The van der Waals surface area contributed by atoms with Gasteiger partial charge in [0.2, 0.25) is 0 Å². The predicted octanol–water partition coefficient (Wildman–Crippen LogP) is 3.86. The highest BCUT2D eigenvalue weighted by Gasteiger charge is 2.17. The van der Waals surface area contributed by atoms with Gasteiger partial charge in [0.1, 0.15) is 10.8 Å². The topological polar surface area (TPSA) is 43.8 Å². The molecule has 2 rings (SSSR count). The van der Waals surface area contributed by atoms with E-state index in [0.29, 0.717) is 6.04 Å². The van der Waals surface area contributed by atoms with E-state index in [-0.39, 0.29) is 0 Å². The molecule has 3 nitrogen and oxygen atoms in total. The van der Waals surface area contributed by atoms with Crippen molar-refractivity contribution < 1.29 is 0 Å². The molecule has 0 atom stereocenters. The van der Waals surface area contributed by atoms with Crippen LogP contribution in [0.1, 0.15) is 57.9 Å². The van der Waals surface area contributed by atoms with Crippen molar-refractivity contribution in [1.29, 1.82) is 0 Å². The molecule has 0 unspecified atom stereocenters. The molecule has 0 saturated heterocycles. The Kier molecular flexibility index (Phi) is 4.77. The van der Waals surface area contributed by atoms with Gasteiger partial charge in [-0.25, -0.2) is 4.68 Å². The Bertz CT molecular complexity index is 340.